The molecule has 0 saturated carbocycles. The molecule has 1 saturated heterocycles. The average Bonchev–Trinajstić information content (AvgIpc) is 3.08. The van der Waals surface area contributed by atoms with E-state index in [1.807, 2.05) is 13.8 Å². The van der Waals surface area contributed by atoms with Gasteiger partial charge in [0.2, 0.25) is 11.9 Å². The number of nitrogens with zero attached hydrogens (tertiary/aromatic N) is 3. The summed E-state index contributed by atoms with van der Waals surface area (Å²) in [5.74, 6) is 0.881. The number of rotatable bonds is 4. The molecule has 5 nitrogen and oxygen atoms in total. The molecule has 0 spiro atoms. The third-order valence-electron chi connectivity index (χ3n) is 4.83. The van der Waals surface area contributed by atoms with Gasteiger partial charge in [-0.1, -0.05) is 38.1 Å². The zero-order chi connectivity index (χ0) is 18.5. The first-order valence-corrected chi connectivity index (χ1v) is 9.69. The van der Waals surface area contributed by atoms with Crippen molar-refractivity contribution in [2.24, 2.45) is 0 Å². The molecule has 140 valence electrons. The molecule has 1 aromatic carbocycles. The Bertz CT molecular complexity index is 772. The summed E-state index contributed by atoms with van der Waals surface area (Å²) in [6.45, 7) is 8.23. The fourth-order valence-corrected chi connectivity index (χ4v) is 3.32. The van der Waals surface area contributed by atoms with Crippen LogP contribution in [-0.4, -0.2) is 29.0 Å². The number of hydrogen-bond acceptors (Lipinski definition) is 4. The van der Waals surface area contributed by atoms with Crippen LogP contribution in [-0.2, 0) is 24.2 Å². The van der Waals surface area contributed by atoms with Gasteiger partial charge < -0.3 is 10.2 Å². The molecule has 0 atom stereocenters. The minimum Gasteiger partial charge on any atom is -0.352 e. The van der Waals surface area contributed by atoms with Crippen molar-refractivity contribution < 1.29 is 6.22 Å². The first-order chi connectivity index (χ1) is 12.7. The highest BCUT2D eigenvalue weighted by atomic mass is 16.1. The van der Waals surface area contributed by atoms with Crippen molar-refractivity contribution in [3.8, 4) is 11.3 Å². The van der Waals surface area contributed by atoms with E-state index in [1.54, 1.807) is 0 Å². The lowest BCUT2D eigenvalue weighted by Gasteiger charge is -2.31. The number of benzene rings is 1. The molecule has 2 heterocycles. The van der Waals surface area contributed by atoms with E-state index in [9.17, 15) is 4.79 Å². The van der Waals surface area contributed by atoms with E-state index in [0.717, 1.165) is 48.7 Å². The van der Waals surface area contributed by atoms with Gasteiger partial charge in [0.1, 0.15) is 0 Å². The zero-order valence-corrected chi connectivity index (χ0v) is 16.0. The summed E-state index contributed by atoms with van der Waals surface area (Å²) in [7, 11) is 0. The van der Waals surface area contributed by atoms with E-state index in [-0.39, 0.29) is 7.33 Å². The van der Waals surface area contributed by atoms with Gasteiger partial charge in [-0.05, 0) is 31.2 Å². The van der Waals surface area contributed by atoms with E-state index in [2.05, 4.69) is 34.5 Å². The smallest absolute Gasteiger partial charge is 0.226 e. The van der Waals surface area contributed by atoms with Crippen molar-refractivity contribution in [2.75, 3.05) is 18.0 Å². The van der Waals surface area contributed by atoms with Crippen LogP contribution < -0.4 is 10.2 Å². The molecular formula is C21H30N4O. The van der Waals surface area contributed by atoms with Crippen molar-refractivity contribution >= 4 is 11.9 Å². The molecular weight excluding hydrogens is 324 g/mol. The first-order valence-electron chi connectivity index (χ1n) is 9.69. The van der Waals surface area contributed by atoms with Crippen molar-refractivity contribution in [1.29, 1.82) is 0 Å². The SMILES string of the molecule is CC.CC(=O)NCc1ccc(-c2nc(N3CCC3)nc3c2CCC3)cc1.[HH]. The number of fused-ring (bicyclic) bond motifs is 1. The number of carbonyl (C=O) groups excluding carboxylic acids is 1. The van der Waals surface area contributed by atoms with Crippen LogP contribution in [0.5, 0.6) is 0 Å². The van der Waals surface area contributed by atoms with Crippen molar-refractivity contribution in [3.05, 3.63) is 41.1 Å². The molecule has 26 heavy (non-hydrogen) atoms. The van der Waals surface area contributed by atoms with Crippen molar-refractivity contribution in [2.45, 2.75) is 53.0 Å². The van der Waals surface area contributed by atoms with Gasteiger partial charge in [-0.2, -0.15) is 0 Å². The highest BCUT2D eigenvalue weighted by Gasteiger charge is 2.24. The lowest BCUT2D eigenvalue weighted by molar-refractivity contribution is -0.119. The summed E-state index contributed by atoms with van der Waals surface area (Å²) in [4.78, 5) is 23.0. The molecule has 5 heteroatoms. The van der Waals surface area contributed by atoms with Gasteiger partial charge in [-0.15, -0.1) is 0 Å². The molecule has 2 aliphatic rings. The normalized spacial score (nSPS) is 14.8. The second kappa shape index (κ2) is 8.30. The average molecular weight is 354 g/mol. The van der Waals surface area contributed by atoms with Gasteiger partial charge in [0.05, 0.1) is 5.69 Å². The van der Waals surface area contributed by atoms with E-state index < -0.39 is 0 Å². The standard InChI is InChI=1S/C19H22N4O.C2H6.H2/c1-13(24)20-12-14-6-8-15(9-7-14)18-16-4-2-5-17(16)21-19(22-18)23-10-3-11-23;1-2;/h6-9H,2-5,10-12H2,1H3,(H,20,24);1-2H3;1H. The third-order valence-corrected chi connectivity index (χ3v) is 4.83. The summed E-state index contributed by atoms with van der Waals surface area (Å²) < 4.78 is 0. The van der Waals surface area contributed by atoms with Gasteiger partial charge >= 0.3 is 0 Å². The Balaban J connectivity index is 0.000000844. The predicted molar refractivity (Wildman–Crippen MR) is 107 cm³/mol. The Hall–Kier alpha value is -2.43. The Morgan fingerprint density at radius 3 is 2.46 bits per heavy atom. The molecule has 1 aliphatic heterocycles. The lowest BCUT2D eigenvalue weighted by atomic mass is 10.0. The molecule has 4 rings (SSSR count). The van der Waals surface area contributed by atoms with Crippen LogP contribution >= 0.6 is 0 Å². The number of aromatic nitrogens is 2. The van der Waals surface area contributed by atoms with Crippen LogP contribution in [0.1, 0.15) is 51.9 Å². The van der Waals surface area contributed by atoms with Crippen molar-refractivity contribution in [1.82, 2.24) is 15.3 Å². The quantitative estimate of drug-likeness (QED) is 0.908. The molecule has 0 radical (unpaired) electrons. The van der Waals surface area contributed by atoms with Gasteiger partial charge in [-0.25, -0.2) is 9.97 Å². The van der Waals surface area contributed by atoms with E-state index in [0.29, 0.717) is 6.54 Å². The number of amides is 1. The summed E-state index contributed by atoms with van der Waals surface area (Å²) in [5.41, 5.74) is 5.87. The Morgan fingerprint density at radius 1 is 1.12 bits per heavy atom. The van der Waals surface area contributed by atoms with Crippen LogP contribution in [0.3, 0.4) is 0 Å². The topological polar surface area (TPSA) is 58.1 Å². The molecule has 1 N–H and O–H groups in total. The van der Waals surface area contributed by atoms with Crippen molar-refractivity contribution in [3.63, 3.8) is 0 Å². The van der Waals surface area contributed by atoms with Crippen LogP contribution in [0, 0.1) is 0 Å². The maximum Gasteiger partial charge on any atom is 0.226 e. The summed E-state index contributed by atoms with van der Waals surface area (Å²) >= 11 is 0. The maximum absolute atomic E-state index is 11.0. The first kappa shape index (κ1) is 18.4. The van der Waals surface area contributed by atoms with Gasteiger partial charge in [-0.3, -0.25) is 4.79 Å². The molecule has 1 aliphatic carbocycles. The second-order valence-electron chi connectivity index (χ2n) is 6.60. The number of nitrogens with one attached hydrogen (secondary N) is 1. The van der Waals surface area contributed by atoms with Gasteiger partial charge in [0.25, 0.3) is 0 Å². The molecule has 1 amide bonds. The molecule has 1 aromatic heterocycles. The Morgan fingerprint density at radius 2 is 1.85 bits per heavy atom. The second-order valence-corrected chi connectivity index (χ2v) is 6.60. The highest BCUT2D eigenvalue weighted by Crippen LogP contribution is 2.32. The molecule has 0 unspecified atom stereocenters. The summed E-state index contributed by atoms with van der Waals surface area (Å²) in [5, 5.41) is 2.83. The van der Waals surface area contributed by atoms with Crippen LogP contribution in [0.15, 0.2) is 24.3 Å². The van der Waals surface area contributed by atoms with Crippen LogP contribution in [0.2, 0.25) is 0 Å². The number of anilines is 1. The number of hydrogen-bond donors (Lipinski definition) is 1. The number of carbonyl (C=O) groups is 1. The minimum atomic E-state index is -0.00751. The van der Waals surface area contributed by atoms with E-state index in [1.165, 1.54) is 31.0 Å². The fraction of sp³-hybridized carbons (Fsp3) is 0.476. The predicted octanol–water partition coefficient (Wildman–Crippen LogP) is 3.75. The molecule has 1 fully saturated rings. The monoisotopic (exact) mass is 354 g/mol. The Kier molecular flexibility index (Phi) is 5.86. The van der Waals surface area contributed by atoms with Gasteiger partial charge in [0.15, 0.2) is 0 Å². The van der Waals surface area contributed by atoms with Gasteiger partial charge in [0, 0.05) is 44.8 Å². The van der Waals surface area contributed by atoms with E-state index >= 15 is 0 Å². The maximum atomic E-state index is 11.0. The third kappa shape index (κ3) is 3.87. The van der Waals surface area contributed by atoms with E-state index in [4.69, 9.17) is 9.97 Å². The fourth-order valence-electron chi connectivity index (χ4n) is 3.32. The Labute approximate surface area is 157 Å². The molecule has 0 bridgehead atoms. The lowest BCUT2D eigenvalue weighted by Crippen LogP contribution is -2.38. The minimum absolute atomic E-state index is 0. The zero-order valence-electron chi connectivity index (χ0n) is 16.0. The number of aryl methyl sites for hydroxylation is 1. The molecule has 2 aromatic rings. The van der Waals surface area contributed by atoms with Crippen LogP contribution in [0.4, 0.5) is 5.95 Å². The van der Waals surface area contributed by atoms with Crippen LogP contribution in [0.25, 0.3) is 11.3 Å². The largest absolute Gasteiger partial charge is 0.352 e. The summed E-state index contributed by atoms with van der Waals surface area (Å²) in [6, 6.07) is 8.35. The highest BCUT2D eigenvalue weighted by molar-refractivity contribution is 5.73. The summed E-state index contributed by atoms with van der Waals surface area (Å²) in [6.07, 6.45) is 4.53.